The summed E-state index contributed by atoms with van der Waals surface area (Å²) < 4.78 is 0.955. The van der Waals surface area contributed by atoms with Gasteiger partial charge in [-0.3, -0.25) is 4.79 Å². The summed E-state index contributed by atoms with van der Waals surface area (Å²) in [5.41, 5.74) is 7.61. The number of hydrogen-bond donors (Lipinski definition) is 1. The third-order valence-corrected chi connectivity index (χ3v) is 4.32. The molecule has 104 valence electrons. The molecule has 0 radical (unpaired) electrons. The number of nitrogens with zero attached hydrogens (tertiary/aromatic N) is 1. The number of amides is 1. The third-order valence-electron chi connectivity index (χ3n) is 3.86. The van der Waals surface area contributed by atoms with Crippen LogP contribution in [-0.4, -0.2) is 29.9 Å². The van der Waals surface area contributed by atoms with Crippen LogP contribution in [0.25, 0.3) is 0 Å². The Morgan fingerprint density at radius 1 is 1.42 bits per heavy atom. The summed E-state index contributed by atoms with van der Waals surface area (Å²) in [4.78, 5) is 14.6. The van der Waals surface area contributed by atoms with Gasteiger partial charge in [-0.15, -0.1) is 0 Å². The second kappa shape index (κ2) is 6.06. The predicted octanol–water partition coefficient (Wildman–Crippen LogP) is 2.96. The van der Waals surface area contributed by atoms with Crippen molar-refractivity contribution in [1.29, 1.82) is 0 Å². The Hall–Kier alpha value is -0.870. The molecule has 4 heteroatoms. The predicted molar refractivity (Wildman–Crippen MR) is 81.2 cm³/mol. The average molecular weight is 325 g/mol. The van der Waals surface area contributed by atoms with Crippen LogP contribution < -0.4 is 5.73 Å². The normalized spacial score (nSPS) is 23.5. The first-order chi connectivity index (χ1) is 9.01. The summed E-state index contributed by atoms with van der Waals surface area (Å²) in [5.74, 6) is 0.559. The molecule has 0 saturated carbocycles. The highest BCUT2D eigenvalue weighted by molar-refractivity contribution is 9.10. The maximum atomic E-state index is 12.6. The number of nitrogens with two attached hydrogens (primary N) is 1. The summed E-state index contributed by atoms with van der Waals surface area (Å²) in [6, 6.07) is 6.16. The number of likely N-dealkylation sites (tertiary alicyclic amines) is 1. The van der Waals surface area contributed by atoms with Crippen LogP contribution in [0.5, 0.6) is 0 Å². The molecule has 1 aromatic carbocycles. The lowest BCUT2D eigenvalue weighted by Gasteiger charge is -2.37. The molecule has 1 heterocycles. The van der Waals surface area contributed by atoms with Crippen LogP contribution in [0.1, 0.15) is 35.7 Å². The lowest BCUT2D eigenvalue weighted by atomic mass is 9.93. The summed E-state index contributed by atoms with van der Waals surface area (Å²) in [6.07, 6.45) is 2.17. The summed E-state index contributed by atoms with van der Waals surface area (Å²) in [6.45, 7) is 5.56. The number of halogens is 1. The number of carbonyl (C=O) groups is 1. The Labute approximate surface area is 123 Å². The van der Waals surface area contributed by atoms with Gasteiger partial charge in [0.1, 0.15) is 0 Å². The highest BCUT2D eigenvalue weighted by Gasteiger charge is 2.29. The molecule has 1 aliphatic heterocycles. The molecule has 1 amide bonds. The van der Waals surface area contributed by atoms with Crippen LogP contribution in [-0.2, 0) is 0 Å². The zero-order chi connectivity index (χ0) is 14.0. The molecule has 0 spiro atoms. The van der Waals surface area contributed by atoms with E-state index in [0.717, 1.165) is 35.0 Å². The molecular formula is C15H21BrN2O. The molecule has 0 aliphatic carbocycles. The van der Waals surface area contributed by atoms with E-state index < -0.39 is 0 Å². The Balaban J connectivity index is 2.21. The fraction of sp³-hybridized carbons (Fsp3) is 0.533. The number of rotatable bonds is 2. The van der Waals surface area contributed by atoms with Crippen LogP contribution in [0.15, 0.2) is 22.7 Å². The average Bonchev–Trinajstić information content (AvgIpc) is 2.37. The monoisotopic (exact) mass is 324 g/mol. The first-order valence-electron chi connectivity index (χ1n) is 6.79. The number of carbonyl (C=O) groups excluding carboxylic acids is 1. The Morgan fingerprint density at radius 2 is 2.16 bits per heavy atom. The standard InChI is InChI=1S/C15H21BrN2O/c1-10-5-13(7-14(16)6-10)15(19)18-9-12(8-17)4-3-11(18)2/h5-7,11-12H,3-4,8-9,17H2,1-2H3. The highest BCUT2D eigenvalue weighted by atomic mass is 79.9. The van der Waals surface area contributed by atoms with Crippen molar-refractivity contribution in [3.05, 3.63) is 33.8 Å². The van der Waals surface area contributed by atoms with Crippen LogP contribution in [0.2, 0.25) is 0 Å². The molecule has 2 rings (SSSR count). The molecule has 2 atom stereocenters. The maximum absolute atomic E-state index is 12.6. The summed E-state index contributed by atoms with van der Waals surface area (Å²) in [5, 5.41) is 0. The second-order valence-electron chi connectivity index (χ2n) is 5.50. The fourth-order valence-corrected chi connectivity index (χ4v) is 3.29. The van der Waals surface area contributed by atoms with E-state index in [-0.39, 0.29) is 5.91 Å². The van der Waals surface area contributed by atoms with Crippen LogP contribution in [0.3, 0.4) is 0 Å². The van der Waals surface area contributed by atoms with Crippen molar-refractivity contribution in [1.82, 2.24) is 4.90 Å². The van der Waals surface area contributed by atoms with E-state index in [1.165, 1.54) is 0 Å². The van der Waals surface area contributed by atoms with Crippen molar-refractivity contribution in [3.8, 4) is 0 Å². The maximum Gasteiger partial charge on any atom is 0.254 e. The Bertz CT molecular complexity index is 455. The second-order valence-corrected chi connectivity index (χ2v) is 6.42. The minimum absolute atomic E-state index is 0.120. The quantitative estimate of drug-likeness (QED) is 0.909. The lowest BCUT2D eigenvalue weighted by Crippen LogP contribution is -2.47. The van der Waals surface area contributed by atoms with Gasteiger partial charge in [0.25, 0.3) is 5.91 Å². The van der Waals surface area contributed by atoms with E-state index >= 15 is 0 Å². The van der Waals surface area contributed by atoms with Gasteiger partial charge in [0.15, 0.2) is 0 Å². The minimum Gasteiger partial charge on any atom is -0.336 e. The lowest BCUT2D eigenvalue weighted by molar-refractivity contribution is 0.0566. The van der Waals surface area contributed by atoms with Gasteiger partial charge in [0.2, 0.25) is 0 Å². The van der Waals surface area contributed by atoms with Crippen molar-refractivity contribution in [2.45, 2.75) is 32.7 Å². The van der Waals surface area contributed by atoms with Gasteiger partial charge in [0.05, 0.1) is 0 Å². The van der Waals surface area contributed by atoms with Crippen molar-refractivity contribution >= 4 is 21.8 Å². The Morgan fingerprint density at radius 3 is 2.79 bits per heavy atom. The molecule has 1 saturated heterocycles. The van der Waals surface area contributed by atoms with Crippen molar-refractivity contribution in [2.75, 3.05) is 13.1 Å². The van der Waals surface area contributed by atoms with Gasteiger partial charge in [-0.05, 0) is 62.9 Å². The van der Waals surface area contributed by atoms with Crippen molar-refractivity contribution in [3.63, 3.8) is 0 Å². The molecule has 1 aliphatic rings. The van der Waals surface area contributed by atoms with Gasteiger partial charge in [-0.2, -0.15) is 0 Å². The van der Waals surface area contributed by atoms with E-state index in [2.05, 4.69) is 22.9 Å². The van der Waals surface area contributed by atoms with Gasteiger partial charge in [-0.25, -0.2) is 0 Å². The molecule has 0 aromatic heterocycles. The smallest absolute Gasteiger partial charge is 0.254 e. The van der Waals surface area contributed by atoms with Crippen LogP contribution >= 0.6 is 15.9 Å². The molecule has 2 N–H and O–H groups in total. The first-order valence-corrected chi connectivity index (χ1v) is 7.58. The minimum atomic E-state index is 0.120. The number of piperidine rings is 1. The SMILES string of the molecule is Cc1cc(Br)cc(C(=O)N2CC(CN)CCC2C)c1. The summed E-state index contributed by atoms with van der Waals surface area (Å²) >= 11 is 3.46. The fourth-order valence-electron chi connectivity index (χ4n) is 2.68. The largest absolute Gasteiger partial charge is 0.336 e. The van der Waals surface area contributed by atoms with Crippen LogP contribution in [0, 0.1) is 12.8 Å². The number of benzene rings is 1. The molecule has 3 nitrogen and oxygen atoms in total. The van der Waals surface area contributed by atoms with Gasteiger partial charge >= 0.3 is 0 Å². The highest BCUT2D eigenvalue weighted by Crippen LogP contribution is 2.24. The molecule has 1 aromatic rings. The Kier molecular flexibility index (Phi) is 4.63. The summed E-state index contributed by atoms with van der Waals surface area (Å²) in [7, 11) is 0. The van der Waals surface area contributed by atoms with Crippen molar-refractivity contribution < 1.29 is 4.79 Å². The molecule has 2 unspecified atom stereocenters. The van der Waals surface area contributed by atoms with Gasteiger partial charge in [-0.1, -0.05) is 15.9 Å². The zero-order valence-corrected chi connectivity index (χ0v) is 13.1. The van der Waals surface area contributed by atoms with E-state index in [1.807, 2.05) is 30.0 Å². The van der Waals surface area contributed by atoms with E-state index in [9.17, 15) is 4.79 Å². The molecule has 0 bridgehead atoms. The van der Waals surface area contributed by atoms with Gasteiger partial charge < -0.3 is 10.6 Å². The van der Waals surface area contributed by atoms with Crippen LogP contribution in [0.4, 0.5) is 0 Å². The van der Waals surface area contributed by atoms with Crippen molar-refractivity contribution in [2.24, 2.45) is 11.7 Å². The zero-order valence-electron chi connectivity index (χ0n) is 11.5. The third kappa shape index (κ3) is 3.37. The molecule has 19 heavy (non-hydrogen) atoms. The number of aryl methyl sites for hydroxylation is 1. The van der Waals surface area contributed by atoms with Gasteiger partial charge in [0, 0.05) is 22.6 Å². The molecule has 1 fully saturated rings. The van der Waals surface area contributed by atoms with E-state index in [4.69, 9.17) is 5.73 Å². The van der Waals surface area contributed by atoms with E-state index in [1.54, 1.807) is 0 Å². The first kappa shape index (κ1) is 14.5. The molecular weight excluding hydrogens is 304 g/mol. The topological polar surface area (TPSA) is 46.3 Å². The van der Waals surface area contributed by atoms with E-state index in [0.29, 0.717) is 18.5 Å². The number of hydrogen-bond acceptors (Lipinski definition) is 2.